The Hall–Kier alpha value is -2.88. The Bertz CT molecular complexity index is 852. The summed E-state index contributed by atoms with van der Waals surface area (Å²) in [4.78, 5) is 14.7. The molecule has 4 nitrogen and oxygen atoms in total. The summed E-state index contributed by atoms with van der Waals surface area (Å²) >= 11 is 0. The monoisotopic (exact) mass is 317 g/mol. The molecular weight excluding hydrogens is 298 g/mol. The first kappa shape index (κ1) is 14.7. The Balaban J connectivity index is 1.54. The lowest BCUT2D eigenvalue weighted by atomic mass is 9.93. The second-order valence-corrected chi connectivity index (χ2v) is 6.14. The molecule has 1 aliphatic heterocycles. The first-order valence-electron chi connectivity index (χ1n) is 8.21. The number of amides is 1. The standard InChI is InChI=1S/C20H19N3O/c1-15-11-13-21-23(15)18-9-7-17(8-10-18)20(24)22-14-12-19(22)16-5-3-2-4-6-16/h2-11,13,19H,12,14H2,1H3/t19-/m0/s1. The SMILES string of the molecule is Cc1ccnn1-c1ccc(C(=O)N2CC[C@H]2c2ccccc2)cc1. The van der Waals surface area contributed by atoms with Crippen LogP contribution in [-0.4, -0.2) is 27.1 Å². The molecule has 0 aliphatic carbocycles. The van der Waals surface area contributed by atoms with Gasteiger partial charge in [-0.3, -0.25) is 4.79 Å². The predicted octanol–water partition coefficient (Wildman–Crippen LogP) is 3.77. The summed E-state index contributed by atoms with van der Waals surface area (Å²) in [7, 11) is 0. The molecule has 0 N–H and O–H groups in total. The lowest BCUT2D eigenvalue weighted by Gasteiger charge is -2.41. The van der Waals surface area contributed by atoms with Crippen molar-refractivity contribution < 1.29 is 4.79 Å². The number of aryl methyl sites for hydroxylation is 1. The van der Waals surface area contributed by atoms with E-state index in [9.17, 15) is 4.79 Å². The zero-order valence-corrected chi connectivity index (χ0v) is 13.6. The van der Waals surface area contributed by atoms with E-state index in [1.165, 1.54) is 5.56 Å². The third-order valence-electron chi connectivity index (χ3n) is 4.66. The van der Waals surface area contributed by atoms with Gasteiger partial charge in [-0.25, -0.2) is 4.68 Å². The molecule has 1 aromatic heterocycles. The van der Waals surface area contributed by atoms with Gasteiger partial charge in [0, 0.05) is 24.0 Å². The number of nitrogens with zero attached hydrogens (tertiary/aromatic N) is 3. The van der Waals surface area contributed by atoms with Crippen molar-refractivity contribution in [2.24, 2.45) is 0 Å². The molecule has 2 aromatic carbocycles. The van der Waals surface area contributed by atoms with E-state index in [1.807, 2.05) is 65.0 Å². The van der Waals surface area contributed by atoms with E-state index < -0.39 is 0 Å². The average Bonchev–Trinajstić information content (AvgIpc) is 3.01. The molecule has 24 heavy (non-hydrogen) atoms. The van der Waals surface area contributed by atoms with Crippen molar-refractivity contribution in [3.8, 4) is 5.69 Å². The number of benzene rings is 2. The van der Waals surface area contributed by atoms with Crippen molar-refractivity contribution in [2.45, 2.75) is 19.4 Å². The molecule has 3 aromatic rings. The third kappa shape index (κ3) is 2.50. The fourth-order valence-corrected chi connectivity index (χ4v) is 3.20. The number of likely N-dealkylation sites (tertiary alicyclic amines) is 1. The highest BCUT2D eigenvalue weighted by molar-refractivity contribution is 5.95. The molecule has 4 heteroatoms. The lowest BCUT2D eigenvalue weighted by Crippen LogP contribution is -2.45. The zero-order chi connectivity index (χ0) is 16.5. The van der Waals surface area contributed by atoms with Gasteiger partial charge in [-0.05, 0) is 49.2 Å². The maximum atomic E-state index is 12.8. The number of carbonyl (C=O) groups is 1. The molecule has 0 radical (unpaired) electrons. The van der Waals surface area contributed by atoms with E-state index in [2.05, 4.69) is 17.2 Å². The highest BCUT2D eigenvalue weighted by atomic mass is 16.2. The highest BCUT2D eigenvalue weighted by Gasteiger charge is 2.33. The maximum absolute atomic E-state index is 12.8. The van der Waals surface area contributed by atoms with E-state index in [0.29, 0.717) is 0 Å². The second kappa shape index (κ2) is 5.96. The topological polar surface area (TPSA) is 38.1 Å². The van der Waals surface area contributed by atoms with Crippen LogP contribution in [0.3, 0.4) is 0 Å². The summed E-state index contributed by atoms with van der Waals surface area (Å²) in [5.41, 5.74) is 3.98. The molecule has 4 rings (SSSR count). The van der Waals surface area contributed by atoms with Crippen molar-refractivity contribution in [1.82, 2.24) is 14.7 Å². The van der Waals surface area contributed by atoms with E-state index in [4.69, 9.17) is 0 Å². The summed E-state index contributed by atoms with van der Waals surface area (Å²) < 4.78 is 1.87. The van der Waals surface area contributed by atoms with Crippen LogP contribution in [0, 0.1) is 6.92 Å². The van der Waals surface area contributed by atoms with Crippen LogP contribution >= 0.6 is 0 Å². The van der Waals surface area contributed by atoms with Gasteiger partial charge in [0.1, 0.15) is 0 Å². The molecule has 120 valence electrons. The van der Waals surface area contributed by atoms with Crippen LogP contribution < -0.4 is 0 Å². The van der Waals surface area contributed by atoms with Crippen molar-refractivity contribution >= 4 is 5.91 Å². The minimum absolute atomic E-state index is 0.0961. The Morgan fingerprint density at radius 1 is 1.04 bits per heavy atom. The van der Waals surface area contributed by atoms with Crippen LogP contribution in [0.15, 0.2) is 66.9 Å². The summed E-state index contributed by atoms with van der Waals surface area (Å²) in [5, 5.41) is 4.30. The van der Waals surface area contributed by atoms with Crippen molar-refractivity contribution in [3.05, 3.63) is 83.7 Å². The number of rotatable bonds is 3. The van der Waals surface area contributed by atoms with E-state index >= 15 is 0 Å². The van der Waals surface area contributed by atoms with Gasteiger partial charge in [-0.15, -0.1) is 0 Å². The van der Waals surface area contributed by atoms with Gasteiger partial charge in [-0.1, -0.05) is 30.3 Å². The van der Waals surface area contributed by atoms with Crippen LogP contribution in [-0.2, 0) is 0 Å². The number of hydrogen-bond acceptors (Lipinski definition) is 2. The molecule has 1 atom stereocenters. The van der Waals surface area contributed by atoms with Crippen LogP contribution in [0.4, 0.5) is 0 Å². The van der Waals surface area contributed by atoms with Crippen molar-refractivity contribution in [1.29, 1.82) is 0 Å². The van der Waals surface area contributed by atoms with Gasteiger partial charge >= 0.3 is 0 Å². The molecule has 0 spiro atoms. The van der Waals surface area contributed by atoms with Gasteiger partial charge in [0.05, 0.1) is 11.7 Å². The Kier molecular flexibility index (Phi) is 3.65. The first-order chi connectivity index (χ1) is 11.7. The fraction of sp³-hybridized carbons (Fsp3) is 0.200. The van der Waals surface area contributed by atoms with Crippen LogP contribution in [0.5, 0.6) is 0 Å². The normalized spacial score (nSPS) is 16.7. The molecule has 1 amide bonds. The van der Waals surface area contributed by atoms with Crippen LogP contribution in [0.25, 0.3) is 5.69 Å². The number of hydrogen-bond donors (Lipinski definition) is 0. The van der Waals surface area contributed by atoms with Crippen molar-refractivity contribution in [2.75, 3.05) is 6.54 Å². The Morgan fingerprint density at radius 3 is 2.38 bits per heavy atom. The van der Waals surface area contributed by atoms with Gasteiger partial charge < -0.3 is 4.90 Å². The largest absolute Gasteiger partial charge is 0.331 e. The molecule has 0 bridgehead atoms. The summed E-state index contributed by atoms with van der Waals surface area (Å²) in [6.07, 6.45) is 2.80. The molecule has 1 fully saturated rings. The predicted molar refractivity (Wildman–Crippen MR) is 93.1 cm³/mol. The van der Waals surface area contributed by atoms with Gasteiger partial charge in [0.2, 0.25) is 0 Å². The van der Waals surface area contributed by atoms with E-state index in [-0.39, 0.29) is 11.9 Å². The highest BCUT2D eigenvalue weighted by Crippen LogP contribution is 2.34. The molecule has 1 aliphatic rings. The molecule has 0 unspecified atom stereocenters. The lowest BCUT2D eigenvalue weighted by molar-refractivity contribution is 0.0460. The number of aromatic nitrogens is 2. The van der Waals surface area contributed by atoms with Crippen LogP contribution in [0.1, 0.15) is 34.1 Å². The molecule has 2 heterocycles. The maximum Gasteiger partial charge on any atom is 0.254 e. The van der Waals surface area contributed by atoms with Crippen molar-refractivity contribution in [3.63, 3.8) is 0 Å². The Morgan fingerprint density at radius 2 is 1.79 bits per heavy atom. The average molecular weight is 317 g/mol. The minimum atomic E-state index is 0.0961. The zero-order valence-electron chi connectivity index (χ0n) is 13.6. The molecular formula is C20H19N3O. The fourth-order valence-electron chi connectivity index (χ4n) is 3.20. The first-order valence-corrected chi connectivity index (χ1v) is 8.21. The summed E-state index contributed by atoms with van der Waals surface area (Å²) in [5.74, 6) is 0.0961. The van der Waals surface area contributed by atoms with Crippen LogP contribution in [0.2, 0.25) is 0 Å². The van der Waals surface area contributed by atoms with E-state index in [1.54, 1.807) is 6.20 Å². The minimum Gasteiger partial charge on any atom is -0.331 e. The second-order valence-electron chi connectivity index (χ2n) is 6.14. The number of carbonyl (C=O) groups excluding carboxylic acids is 1. The van der Waals surface area contributed by atoms with E-state index in [0.717, 1.165) is 29.9 Å². The summed E-state index contributed by atoms with van der Waals surface area (Å²) in [6, 6.07) is 20.1. The van der Waals surface area contributed by atoms with Gasteiger partial charge in [0.15, 0.2) is 0 Å². The molecule has 0 saturated carbocycles. The smallest absolute Gasteiger partial charge is 0.254 e. The quantitative estimate of drug-likeness (QED) is 0.737. The molecule has 1 saturated heterocycles. The van der Waals surface area contributed by atoms with Gasteiger partial charge in [0.25, 0.3) is 5.91 Å². The van der Waals surface area contributed by atoms with Gasteiger partial charge in [-0.2, -0.15) is 5.10 Å². The third-order valence-corrected chi connectivity index (χ3v) is 4.66. The Labute approximate surface area is 141 Å². The summed E-state index contributed by atoms with van der Waals surface area (Å²) in [6.45, 7) is 2.83.